The van der Waals surface area contributed by atoms with Gasteiger partial charge in [-0.2, -0.15) is 0 Å². The summed E-state index contributed by atoms with van der Waals surface area (Å²) in [5.74, 6) is 0.704. The average molecular weight is 397 g/mol. The Bertz CT molecular complexity index is 1040. The quantitative estimate of drug-likeness (QED) is 0.693. The molecule has 28 heavy (non-hydrogen) atoms. The van der Waals surface area contributed by atoms with Crippen LogP contribution in [-0.2, 0) is 6.54 Å². The van der Waals surface area contributed by atoms with Gasteiger partial charge in [-0.25, -0.2) is 9.78 Å². The highest BCUT2D eigenvalue weighted by atomic mass is 32.1. The molecule has 1 atom stereocenters. The van der Waals surface area contributed by atoms with Crippen LogP contribution in [0.1, 0.15) is 49.1 Å². The lowest BCUT2D eigenvalue weighted by atomic mass is 10.0. The molecular weight excluding hydrogens is 372 g/mol. The number of benzene rings is 1. The second-order valence-corrected chi connectivity index (χ2v) is 8.54. The first-order valence-electron chi connectivity index (χ1n) is 9.58. The Morgan fingerprint density at radius 1 is 1.21 bits per heavy atom. The van der Waals surface area contributed by atoms with Crippen LogP contribution in [0.15, 0.2) is 45.3 Å². The number of H-pyrrole nitrogens is 2. The standard InChI is InChI=1S/C21H24N4O2S/c1-13(2)14-3-5-15(6-4-14)20-22-17(12-28-20)11-25-8-7-16(10-25)18-9-19(26)24-21(27)23-18/h3-6,9,12-13,16H,7-8,10-11H2,1-2H3,(H2,23,24,26,27). The third-order valence-corrected chi connectivity index (χ3v) is 6.20. The van der Waals surface area contributed by atoms with Crippen LogP contribution in [0, 0.1) is 0 Å². The number of nitrogens with zero attached hydrogens (tertiary/aromatic N) is 2. The third kappa shape index (κ3) is 4.15. The number of likely N-dealkylation sites (tertiary alicyclic amines) is 1. The summed E-state index contributed by atoms with van der Waals surface area (Å²) in [6, 6.07) is 10.1. The van der Waals surface area contributed by atoms with Gasteiger partial charge in [0.2, 0.25) is 0 Å². The molecule has 0 saturated carbocycles. The van der Waals surface area contributed by atoms with Gasteiger partial charge >= 0.3 is 5.69 Å². The zero-order chi connectivity index (χ0) is 19.7. The molecule has 2 N–H and O–H groups in total. The molecule has 6 nitrogen and oxygen atoms in total. The fraction of sp³-hybridized carbons (Fsp3) is 0.381. The van der Waals surface area contributed by atoms with Crippen molar-refractivity contribution in [3.63, 3.8) is 0 Å². The number of aromatic amines is 2. The molecule has 7 heteroatoms. The van der Waals surface area contributed by atoms with E-state index in [1.807, 2.05) is 0 Å². The van der Waals surface area contributed by atoms with Crippen LogP contribution in [0.25, 0.3) is 10.6 Å². The van der Waals surface area contributed by atoms with Crippen molar-refractivity contribution in [2.24, 2.45) is 0 Å². The molecule has 146 valence electrons. The zero-order valence-electron chi connectivity index (χ0n) is 16.1. The number of nitrogens with one attached hydrogen (secondary N) is 2. The van der Waals surface area contributed by atoms with Crippen LogP contribution in [0.5, 0.6) is 0 Å². The first kappa shape index (κ1) is 18.8. The molecule has 3 heterocycles. The first-order valence-corrected chi connectivity index (χ1v) is 10.5. The predicted molar refractivity (Wildman–Crippen MR) is 112 cm³/mol. The predicted octanol–water partition coefficient (Wildman–Crippen LogP) is 3.30. The lowest BCUT2D eigenvalue weighted by Crippen LogP contribution is -2.25. The van der Waals surface area contributed by atoms with Crippen molar-refractivity contribution in [2.75, 3.05) is 13.1 Å². The maximum Gasteiger partial charge on any atom is 0.325 e. The molecule has 1 aromatic carbocycles. The third-order valence-electron chi connectivity index (χ3n) is 5.26. The maximum absolute atomic E-state index is 11.5. The van der Waals surface area contributed by atoms with Gasteiger partial charge in [0.25, 0.3) is 5.56 Å². The van der Waals surface area contributed by atoms with Crippen molar-refractivity contribution >= 4 is 11.3 Å². The molecular formula is C21H24N4O2S. The van der Waals surface area contributed by atoms with Gasteiger partial charge in [-0.1, -0.05) is 38.1 Å². The Balaban J connectivity index is 1.42. The Kier molecular flexibility index (Phi) is 5.28. The number of thiazole rings is 1. The summed E-state index contributed by atoms with van der Waals surface area (Å²) in [5, 5.41) is 3.16. The Labute approximate surface area is 167 Å². The molecule has 0 aliphatic carbocycles. The zero-order valence-corrected chi connectivity index (χ0v) is 16.9. The van der Waals surface area contributed by atoms with Gasteiger partial charge in [0, 0.05) is 41.7 Å². The van der Waals surface area contributed by atoms with Crippen molar-refractivity contribution in [3.05, 3.63) is 73.5 Å². The molecule has 1 unspecified atom stereocenters. The maximum atomic E-state index is 11.5. The molecule has 1 aliphatic rings. The minimum Gasteiger partial charge on any atom is -0.311 e. The smallest absolute Gasteiger partial charge is 0.311 e. The highest BCUT2D eigenvalue weighted by Crippen LogP contribution is 2.29. The van der Waals surface area contributed by atoms with Gasteiger partial charge in [-0.05, 0) is 24.4 Å². The van der Waals surface area contributed by atoms with E-state index in [2.05, 4.69) is 58.4 Å². The van der Waals surface area contributed by atoms with E-state index in [0.29, 0.717) is 5.92 Å². The summed E-state index contributed by atoms with van der Waals surface area (Å²) < 4.78 is 0. The van der Waals surface area contributed by atoms with Crippen molar-refractivity contribution in [2.45, 2.75) is 38.6 Å². The Morgan fingerprint density at radius 3 is 2.71 bits per heavy atom. The van der Waals surface area contributed by atoms with Gasteiger partial charge in [0.1, 0.15) is 5.01 Å². The van der Waals surface area contributed by atoms with Crippen molar-refractivity contribution < 1.29 is 0 Å². The van der Waals surface area contributed by atoms with Crippen LogP contribution >= 0.6 is 11.3 Å². The van der Waals surface area contributed by atoms with Gasteiger partial charge in [0.05, 0.1) is 5.69 Å². The minimum atomic E-state index is -0.437. The summed E-state index contributed by atoms with van der Waals surface area (Å²) >= 11 is 1.67. The number of aromatic nitrogens is 3. The monoisotopic (exact) mass is 396 g/mol. The largest absolute Gasteiger partial charge is 0.325 e. The summed E-state index contributed by atoms with van der Waals surface area (Å²) in [5.41, 5.74) is 3.49. The van der Waals surface area contributed by atoms with E-state index in [-0.39, 0.29) is 11.5 Å². The van der Waals surface area contributed by atoms with Crippen LogP contribution in [0.4, 0.5) is 0 Å². The Hall–Kier alpha value is -2.51. The van der Waals surface area contributed by atoms with Gasteiger partial charge in [-0.15, -0.1) is 11.3 Å². The van der Waals surface area contributed by atoms with Crippen LogP contribution < -0.4 is 11.2 Å². The summed E-state index contributed by atoms with van der Waals surface area (Å²) in [6.45, 7) is 6.91. The molecule has 2 aromatic heterocycles. The van der Waals surface area contributed by atoms with Crippen LogP contribution in [-0.4, -0.2) is 32.9 Å². The number of hydrogen-bond donors (Lipinski definition) is 2. The van der Waals surface area contributed by atoms with Gasteiger partial charge in [0.15, 0.2) is 0 Å². The van der Waals surface area contributed by atoms with Gasteiger partial charge < -0.3 is 4.98 Å². The van der Waals surface area contributed by atoms with Gasteiger partial charge in [-0.3, -0.25) is 14.7 Å². The fourth-order valence-corrected chi connectivity index (χ4v) is 4.51. The normalized spacial score (nSPS) is 17.5. The second kappa shape index (κ2) is 7.85. The van der Waals surface area contributed by atoms with E-state index in [4.69, 9.17) is 4.98 Å². The number of hydrogen-bond acceptors (Lipinski definition) is 5. The van der Waals surface area contributed by atoms with Crippen molar-refractivity contribution in [1.82, 2.24) is 19.9 Å². The molecule has 0 radical (unpaired) electrons. The second-order valence-electron chi connectivity index (χ2n) is 7.68. The van der Waals surface area contributed by atoms with Crippen LogP contribution in [0.2, 0.25) is 0 Å². The van der Waals surface area contributed by atoms with Crippen molar-refractivity contribution in [3.8, 4) is 10.6 Å². The van der Waals surface area contributed by atoms with E-state index >= 15 is 0 Å². The highest BCUT2D eigenvalue weighted by Gasteiger charge is 2.25. The van der Waals surface area contributed by atoms with Crippen LogP contribution in [0.3, 0.4) is 0 Å². The first-order chi connectivity index (χ1) is 13.5. The van der Waals surface area contributed by atoms with E-state index in [1.165, 1.54) is 11.6 Å². The highest BCUT2D eigenvalue weighted by molar-refractivity contribution is 7.13. The summed E-state index contributed by atoms with van der Waals surface area (Å²) in [6.07, 6.45) is 0.924. The van der Waals surface area contributed by atoms with E-state index in [0.717, 1.165) is 48.0 Å². The molecule has 4 rings (SSSR count). The molecule has 0 bridgehead atoms. The number of rotatable bonds is 5. The molecule has 0 amide bonds. The summed E-state index contributed by atoms with van der Waals surface area (Å²) in [7, 11) is 0. The lowest BCUT2D eigenvalue weighted by molar-refractivity contribution is 0.323. The van der Waals surface area contributed by atoms with E-state index in [1.54, 1.807) is 11.3 Å². The Morgan fingerprint density at radius 2 is 2.00 bits per heavy atom. The van der Waals surface area contributed by atoms with E-state index < -0.39 is 5.69 Å². The molecule has 0 spiro atoms. The molecule has 1 aliphatic heterocycles. The lowest BCUT2D eigenvalue weighted by Gasteiger charge is -2.14. The molecule has 3 aromatic rings. The summed E-state index contributed by atoms with van der Waals surface area (Å²) in [4.78, 5) is 35.2. The molecule has 1 fully saturated rings. The topological polar surface area (TPSA) is 81.8 Å². The van der Waals surface area contributed by atoms with Crippen molar-refractivity contribution in [1.29, 1.82) is 0 Å². The van der Waals surface area contributed by atoms with E-state index in [9.17, 15) is 9.59 Å². The average Bonchev–Trinajstić information content (AvgIpc) is 3.31. The fourth-order valence-electron chi connectivity index (χ4n) is 3.69. The SMILES string of the molecule is CC(C)c1ccc(-c2nc(CN3CCC(c4cc(=O)[nH]c(=O)[nH]4)C3)cs2)cc1. The minimum absolute atomic E-state index is 0.177. The molecule has 1 saturated heterocycles.